The van der Waals surface area contributed by atoms with Gasteiger partial charge < -0.3 is 9.84 Å². The van der Waals surface area contributed by atoms with Crippen LogP contribution in [-0.4, -0.2) is 47.0 Å². The van der Waals surface area contributed by atoms with Gasteiger partial charge in [-0.05, 0) is 12.3 Å². The zero-order valence-electron chi connectivity index (χ0n) is 9.30. The van der Waals surface area contributed by atoms with E-state index in [9.17, 15) is 14.4 Å². The van der Waals surface area contributed by atoms with Crippen molar-refractivity contribution in [1.29, 1.82) is 0 Å². The molecule has 1 heterocycles. The third-order valence-electron chi connectivity index (χ3n) is 2.28. The van der Waals surface area contributed by atoms with Crippen molar-refractivity contribution >= 4 is 17.8 Å². The lowest BCUT2D eigenvalue weighted by Gasteiger charge is -2.30. The van der Waals surface area contributed by atoms with E-state index in [2.05, 4.69) is 0 Å². The lowest BCUT2D eigenvalue weighted by molar-refractivity contribution is -0.168. The van der Waals surface area contributed by atoms with Crippen LogP contribution in [0.4, 0.5) is 0 Å². The van der Waals surface area contributed by atoms with Crippen LogP contribution < -0.4 is 0 Å². The molecule has 0 aliphatic carbocycles. The smallest absolute Gasteiger partial charge is 0.326 e. The Labute approximate surface area is 93.2 Å². The van der Waals surface area contributed by atoms with Crippen molar-refractivity contribution in [2.45, 2.75) is 26.3 Å². The Morgan fingerprint density at radius 2 is 1.88 bits per heavy atom. The quantitative estimate of drug-likeness (QED) is 0.679. The molecule has 1 unspecified atom stereocenters. The van der Waals surface area contributed by atoms with Gasteiger partial charge in [0.15, 0.2) is 0 Å². The molecular formula is C10H15NO5. The van der Waals surface area contributed by atoms with Crippen LogP contribution in [0.1, 0.15) is 20.3 Å². The predicted molar refractivity (Wildman–Crippen MR) is 53.6 cm³/mol. The van der Waals surface area contributed by atoms with Gasteiger partial charge in [0.1, 0.15) is 19.3 Å². The van der Waals surface area contributed by atoms with E-state index in [0.717, 1.165) is 4.90 Å². The molecule has 0 saturated carbocycles. The molecule has 1 rings (SSSR count). The summed E-state index contributed by atoms with van der Waals surface area (Å²) in [5.74, 6) is -2.23. The molecule has 1 saturated heterocycles. The zero-order chi connectivity index (χ0) is 12.3. The molecule has 0 aromatic rings. The van der Waals surface area contributed by atoms with Crippen LogP contribution in [0.25, 0.3) is 0 Å². The molecule has 0 aromatic carbocycles. The van der Waals surface area contributed by atoms with Gasteiger partial charge in [0.25, 0.3) is 11.8 Å². The van der Waals surface area contributed by atoms with Gasteiger partial charge >= 0.3 is 5.97 Å². The highest BCUT2D eigenvalue weighted by molar-refractivity contribution is 6.01. The van der Waals surface area contributed by atoms with Crippen molar-refractivity contribution in [3.63, 3.8) is 0 Å². The average Bonchev–Trinajstić information content (AvgIpc) is 2.15. The highest BCUT2D eigenvalue weighted by Crippen LogP contribution is 2.15. The van der Waals surface area contributed by atoms with E-state index >= 15 is 0 Å². The van der Waals surface area contributed by atoms with E-state index in [1.807, 2.05) is 13.8 Å². The Bertz CT molecular complexity index is 296. The predicted octanol–water partition coefficient (Wildman–Crippen LogP) is -0.129. The second kappa shape index (κ2) is 5.07. The molecule has 1 atom stereocenters. The van der Waals surface area contributed by atoms with Gasteiger partial charge in [-0.25, -0.2) is 4.79 Å². The van der Waals surface area contributed by atoms with Crippen LogP contribution >= 0.6 is 0 Å². The van der Waals surface area contributed by atoms with E-state index in [-0.39, 0.29) is 25.6 Å². The van der Waals surface area contributed by atoms with Crippen molar-refractivity contribution in [3.8, 4) is 0 Å². The van der Waals surface area contributed by atoms with Crippen molar-refractivity contribution in [3.05, 3.63) is 0 Å². The molecule has 0 bridgehead atoms. The summed E-state index contributed by atoms with van der Waals surface area (Å²) in [5, 5.41) is 9.02. The number of carboxylic acids is 1. The fourth-order valence-corrected chi connectivity index (χ4v) is 1.61. The van der Waals surface area contributed by atoms with Gasteiger partial charge in [-0.3, -0.25) is 14.5 Å². The molecule has 1 aliphatic rings. The third-order valence-corrected chi connectivity index (χ3v) is 2.28. The molecule has 90 valence electrons. The Balaban J connectivity index is 2.86. The number of imide groups is 1. The summed E-state index contributed by atoms with van der Waals surface area (Å²) in [5.41, 5.74) is 0. The number of hydrogen-bond donors (Lipinski definition) is 1. The molecule has 1 N–H and O–H groups in total. The van der Waals surface area contributed by atoms with Crippen LogP contribution in [0.3, 0.4) is 0 Å². The highest BCUT2D eigenvalue weighted by atomic mass is 16.5. The minimum Gasteiger partial charge on any atom is -0.480 e. The first kappa shape index (κ1) is 12.6. The van der Waals surface area contributed by atoms with Gasteiger partial charge in [-0.2, -0.15) is 0 Å². The molecular weight excluding hydrogens is 214 g/mol. The first-order valence-electron chi connectivity index (χ1n) is 5.09. The molecule has 1 aliphatic heterocycles. The largest absolute Gasteiger partial charge is 0.480 e. The summed E-state index contributed by atoms with van der Waals surface area (Å²) in [7, 11) is 0. The molecule has 6 nitrogen and oxygen atoms in total. The fraction of sp³-hybridized carbons (Fsp3) is 0.700. The van der Waals surface area contributed by atoms with Gasteiger partial charge in [0, 0.05) is 0 Å². The summed E-state index contributed by atoms with van der Waals surface area (Å²) in [6, 6.07) is -1.08. The highest BCUT2D eigenvalue weighted by Gasteiger charge is 2.37. The van der Waals surface area contributed by atoms with Crippen LogP contribution in [0.2, 0.25) is 0 Å². The lowest BCUT2D eigenvalue weighted by atomic mass is 10.0. The standard InChI is InChI=1S/C10H15NO5/c1-6(2)3-7(10(14)15)11-8(12)4-16-5-9(11)13/h6-7H,3-5H2,1-2H3,(H,14,15). The summed E-state index contributed by atoms with van der Waals surface area (Å²) in [4.78, 5) is 34.7. The number of ether oxygens (including phenoxy) is 1. The van der Waals surface area contributed by atoms with Crippen molar-refractivity contribution in [2.75, 3.05) is 13.2 Å². The number of morpholine rings is 1. The lowest BCUT2D eigenvalue weighted by Crippen LogP contribution is -2.54. The minimum absolute atomic E-state index is 0.0875. The topological polar surface area (TPSA) is 83.9 Å². The number of amides is 2. The monoisotopic (exact) mass is 229 g/mol. The Kier molecular flexibility index (Phi) is 4.00. The third kappa shape index (κ3) is 2.79. The van der Waals surface area contributed by atoms with E-state index < -0.39 is 23.8 Å². The van der Waals surface area contributed by atoms with Crippen molar-refractivity contribution in [1.82, 2.24) is 4.90 Å². The Morgan fingerprint density at radius 3 is 2.25 bits per heavy atom. The number of carboxylic acid groups (broad SMARTS) is 1. The first-order chi connectivity index (χ1) is 7.43. The second-order valence-corrected chi connectivity index (χ2v) is 4.13. The average molecular weight is 229 g/mol. The Morgan fingerprint density at radius 1 is 1.38 bits per heavy atom. The second-order valence-electron chi connectivity index (χ2n) is 4.13. The van der Waals surface area contributed by atoms with E-state index in [1.54, 1.807) is 0 Å². The molecule has 1 fully saturated rings. The van der Waals surface area contributed by atoms with Crippen LogP contribution in [0, 0.1) is 5.92 Å². The minimum atomic E-state index is -1.16. The van der Waals surface area contributed by atoms with Gasteiger partial charge in [-0.15, -0.1) is 0 Å². The fourth-order valence-electron chi connectivity index (χ4n) is 1.61. The van der Waals surface area contributed by atoms with E-state index in [0.29, 0.717) is 0 Å². The van der Waals surface area contributed by atoms with Gasteiger partial charge in [0.05, 0.1) is 0 Å². The van der Waals surface area contributed by atoms with Crippen molar-refractivity contribution < 1.29 is 24.2 Å². The molecule has 2 amide bonds. The summed E-state index contributed by atoms with van der Waals surface area (Å²) >= 11 is 0. The van der Waals surface area contributed by atoms with Crippen molar-refractivity contribution in [2.24, 2.45) is 5.92 Å². The Hall–Kier alpha value is -1.43. The number of carbonyl (C=O) groups is 3. The first-order valence-corrected chi connectivity index (χ1v) is 5.09. The van der Waals surface area contributed by atoms with Gasteiger partial charge in [-0.1, -0.05) is 13.8 Å². The summed E-state index contributed by atoms with van der Waals surface area (Å²) < 4.78 is 4.73. The molecule has 0 spiro atoms. The molecule has 16 heavy (non-hydrogen) atoms. The maximum Gasteiger partial charge on any atom is 0.326 e. The maximum atomic E-state index is 11.4. The molecule has 6 heteroatoms. The van der Waals surface area contributed by atoms with E-state index in [4.69, 9.17) is 9.84 Å². The number of aliphatic carboxylic acids is 1. The number of carbonyl (C=O) groups excluding carboxylic acids is 2. The van der Waals surface area contributed by atoms with Crippen LogP contribution in [0.5, 0.6) is 0 Å². The van der Waals surface area contributed by atoms with E-state index in [1.165, 1.54) is 0 Å². The SMILES string of the molecule is CC(C)CC(C(=O)O)N1C(=O)COCC1=O. The summed E-state index contributed by atoms with van der Waals surface area (Å²) in [6.45, 7) is 3.22. The van der Waals surface area contributed by atoms with Gasteiger partial charge in [0.2, 0.25) is 0 Å². The number of rotatable bonds is 4. The number of hydrogen-bond acceptors (Lipinski definition) is 4. The number of nitrogens with zero attached hydrogens (tertiary/aromatic N) is 1. The normalized spacial score (nSPS) is 19.1. The maximum absolute atomic E-state index is 11.4. The van der Waals surface area contributed by atoms with Crippen LogP contribution in [0.15, 0.2) is 0 Å². The molecule has 0 radical (unpaired) electrons. The summed E-state index contributed by atoms with van der Waals surface area (Å²) in [6.07, 6.45) is 0.257. The zero-order valence-corrected chi connectivity index (χ0v) is 9.30. The molecule has 0 aromatic heterocycles. The van der Waals surface area contributed by atoms with Crippen LogP contribution in [-0.2, 0) is 19.1 Å².